The van der Waals surface area contributed by atoms with Gasteiger partial charge in [0.2, 0.25) is 10.0 Å². The Morgan fingerprint density at radius 1 is 1.19 bits per heavy atom. The zero-order valence-electron chi connectivity index (χ0n) is 11.2. The van der Waals surface area contributed by atoms with Gasteiger partial charge in [0.25, 0.3) is 0 Å². The fourth-order valence-electron chi connectivity index (χ4n) is 2.08. The second-order valence-electron chi connectivity index (χ2n) is 5.32. The number of rotatable bonds is 6. The van der Waals surface area contributed by atoms with Gasteiger partial charge in [-0.25, -0.2) is 13.1 Å². The molecule has 4 nitrogen and oxygen atoms in total. The van der Waals surface area contributed by atoms with Gasteiger partial charge in [-0.15, -0.1) is 0 Å². The van der Waals surface area contributed by atoms with Crippen LogP contribution >= 0.6 is 0 Å². The minimum Gasteiger partial charge on any atom is -0.396 e. The molecule has 0 bridgehead atoms. The van der Waals surface area contributed by atoms with Crippen molar-refractivity contribution in [3.63, 3.8) is 0 Å². The number of nitrogens with one attached hydrogen (secondary N) is 1. The van der Waals surface area contributed by atoms with E-state index < -0.39 is 21.8 Å². The fraction of sp³-hybridized carbons (Fsp3) is 0.538. The van der Waals surface area contributed by atoms with Gasteiger partial charge in [-0.3, -0.25) is 0 Å². The number of aliphatic hydroxyl groups excluding tert-OH is 1. The van der Waals surface area contributed by atoms with Crippen LogP contribution in [0.2, 0.25) is 0 Å². The Balaban J connectivity index is 2.06. The van der Waals surface area contributed by atoms with Crippen molar-refractivity contribution in [1.29, 1.82) is 0 Å². The van der Waals surface area contributed by atoms with Gasteiger partial charge in [-0.2, -0.15) is 13.2 Å². The van der Waals surface area contributed by atoms with Crippen LogP contribution in [0.5, 0.6) is 0 Å². The zero-order chi connectivity index (χ0) is 15.7. The molecular weight excluding hydrogens is 307 g/mol. The standard InChI is InChI=1S/C13H16F3NO3S/c14-13(15,16)10-1-3-11(4-2-10)21(19,20)17-9-12(5-6-12)7-8-18/h1-4,17-18H,5-9H2. The van der Waals surface area contributed by atoms with Gasteiger partial charge in [-0.05, 0) is 48.9 Å². The van der Waals surface area contributed by atoms with Gasteiger partial charge < -0.3 is 5.11 Å². The molecule has 0 heterocycles. The summed E-state index contributed by atoms with van der Waals surface area (Å²) in [5, 5.41) is 8.91. The van der Waals surface area contributed by atoms with Crippen LogP contribution in [0.15, 0.2) is 29.2 Å². The summed E-state index contributed by atoms with van der Waals surface area (Å²) in [5.74, 6) is 0. The molecule has 1 aromatic carbocycles. The van der Waals surface area contributed by atoms with Gasteiger partial charge in [-0.1, -0.05) is 0 Å². The summed E-state index contributed by atoms with van der Waals surface area (Å²) >= 11 is 0. The quantitative estimate of drug-likeness (QED) is 0.843. The first-order valence-electron chi connectivity index (χ1n) is 6.46. The van der Waals surface area contributed by atoms with E-state index in [0.29, 0.717) is 6.42 Å². The van der Waals surface area contributed by atoms with E-state index in [1.807, 2.05) is 0 Å². The normalized spacial score (nSPS) is 17.7. The Labute approximate surface area is 121 Å². The maximum Gasteiger partial charge on any atom is 0.416 e. The highest BCUT2D eigenvalue weighted by atomic mass is 32.2. The van der Waals surface area contributed by atoms with E-state index >= 15 is 0 Å². The van der Waals surface area contributed by atoms with Crippen LogP contribution in [0.4, 0.5) is 13.2 Å². The van der Waals surface area contributed by atoms with Crippen molar-refractivity contribution in [2.45, 2.75) is 30.3 Å². The average Bonchev–Trinajstić information content (AvgIpc) is 3.17. The second-order valence-corrected chi connectivity index (χ2v) is 7.09. The van der Waals surface area contributed by atoms with Crippen molar-refractivity contribution >= 4 is 10.0 Å². The molecule has 0 aliphatic heterocycles. The lowest BCUT2D eigenvalue weighted by Crippen LogP contribution is -2.30. The third kappa shape index (κ3) is 3.96. The Morgan fingerprint density at radius 3 is 2.19 bits per heavy atom. The molecule has 8 heteroatoms. The van der Waals surface area contributed by atoms with Crippen molar-refractivity contribution in [3.05, 3.63) is 29.8 Å². The van der Waals surface area contributed by atoms with Crippen LogP contribution in [-0.2, 0) is 16.2 Å². The van der Waals surface area contributed by atoms with E-state index in [1.54, 1.807) is 0 Å². The predicted molar refractivity (Wildman–Crippen MR) is 70.0 cm³/mol. The number of benzene rings is 1. The van der Waals surface area contributed by atoms with Crippen LogP contribution in [0, 0.1) is 5.41 Å². The van der Waals surface area contributed by atoms with E-state index in [9.17, 15) is 21.6 Å². The predicted octanol–water partition coefficient (Wildman–Crippen LogP) is 2.15. The lowest BCUT2D eigenvalue weighted by Gasteiger charge is -2.15. The number of aliphatic hydroxyl groups is 1. The molecule has 1 fully saturated rings. The van der Waals surface area contributed by atoms with Gasteiger partial charge in [0.1, 0.15) is 0 Å². The van der Waals surface area contributed by atoms with Crippen LogP contribution < -0.4 is 4.72 Å². The maximum atomic E-state index is 12.4. The number of hydrogen-bond acceptors (Lipinski definition) is 3. The molecule has 0 saturated heterocycles. The highest BCUT2D eigenvalue weighted by molar-refractivity contribution is 7.89. The Bertz CT molecular complexity index is 592. The molecule has 21 heavy (non-hydrogen) atoms. The van der Waals surface area contributed by atoms with Crippen LogP contribution in [0.3, 0.4) is 0 Å². The van der Waals surface area contributed by atoms with Gasteiger partial charge in [0, 0.05) is 13.2 Å². The number of alkyl halides is 3. The molecule has 1 aromatic rings. The largest absolute Gasteiger partial charge is 0.416 e. The fourth-order valence-corrected chi connectivity index (χ4v) is 3.24. The van der Waals surface area contributed by atoms with Crippen molar-refractivity contribution in [3.8, 4) is 0 Å². The molecule has 0 atom stereocenters. The van der Waals surface area contributed by atoms with E-state index in [2.05, 4.69) is 4.72 Å². The van der Waals surface area contributed by atoms with E-state index in [0.717, 1.165) is 37.1 Å². The summed E-state index contributed by atoms with van der Waals surface area (Å²) in [6.07, 6.45) is -2.30. The lowest BCUT2D eigenvalue weighted by atomic mass is 10.0. The van der Waals surface area contributed by atoms with Gasteiger partial charge in [0.05, 0.1) is 10.5 Å². The number of hydrogen-bond donors (Lipinski definition) is 2. The third-order valence-corrected chi connectivity index (χ3v) is 5.15. The molecule has 118 valence electrons. The molecule has 1 aliphatic rings. The third-order valence-electron chi connectivity index (χ3n) is 3.73. The van der Waals surface area contributed by atoms with Crippen LogP contribution in [0.1, 0.15) is 24.8 Å². The molecule has 2 rings (SSSR count). The smallest absolute Gasteiger partial charge is 0.396 e. The highest BCUT2D eigenvalue weighted by Gasteiger charge is 2.42. The van der Waals surface area contributed by atoms with Crippen molar-refractivity contribution in [2.75, 3.05) is 13.2 Å². The summed E-state index contributed by atoms with van der Waals surface area (Å²) in [7, 11) is -3.83. The Morgan fingerprint density at radius 2 is 1.76 bits per heavy atom. The van der Waals surface area contributed by atoms with Gasteiger partial charge >= 0.3 is 6.18 Å². The lowest BCUT2D eigenvalue weighted by molar-refractivity contribution is -0.137. The summed E-state index contributed by atoms with van der Waals surface area (Å²) < 4.78 is 63.7. The molecule has 0 spiro atoms. The summed E-state index contributed by atoms with van der Waals surface area (Å²) in [6.45, 7) is 0.179. The van der Waals surface area contributed by atoms with Gasteiger partial charge in [0.15, 0.2) is 0 Å². The molecule has 0 amide bonds. The Hall–Kier alpha value is -1.12. The maximum absolute atomic E-state index is 12.4. The van der Waals surface area contributed by atoms with Crippen molar-refractivity contribution in [2.24, 2.45) is 5.41 Å². The van der Waals surface area contributed by atoms with Crippen molar-refractivity contribution in [1.82, 2.24) is 4.72 Å². The van der Waals surface area contributed by atoms with E-state index in [-0.39, 0.29) is 23.5 Å². The van der Waals surface area contributed by atoms with Crippen LogP contribution in [0.25, 0.3) is 0 Å². The molecule has 0 unspecified atom stereocenters. The summed E-state index contributed by atoms with van der Waals surface area (Å²) in [5.41, 5.74) is -1.09. The SMILES string of the molecule is O=S(=O)(NCC1(CCO)CC1)c1ccc(C(F)(F)F)cc1. The molecule has 1 saturated carbocycles. The first-order chi connectivity index (χ1) is 9.69. The minimum atomic E-state index is -4.49. The molecule has 0 radical (unpaired) electrons. The number of sulfonamides is 1. The minimum absolute atomic E-state index is 0.0119. The van der Waals surface area contributed by atoms with E-state index in [4.69, 9.17) is 5.11 Å². The first kappa shape index (κ1) is 16.3. The second kappa shape index (κ2) is 5.58. The summed E-state index contributed by atoms with van der Waals surface area (Å²) in [4.78, 5) is -0.199. The topological polar surface area (TPSA) is 66.4 Å². The molecule has 1 aliphatic carbocycles. The average molecular weight is 323 g/mol. The van der Waals surface area contributed by atoms with E-state index in [1.165, 1.54) is 0 Å². The highest BCUT2D eigenvalue weighted by Crippen LogP contribution is 2.48. The molecular formula is C13H16F3NO3S. The zero-order valence-corrected chi connectivity index (χ0v) is 12.0. The van der Waals surface area contributed by atoms with Crippen molar-refractivity contribution < 1.29 is 26.7 Å². The Kier molecular flexibility index (Phi) is 4.32. The monoisotopic (exact) mass is 323 g/mol. The molecule has 2 N–H and O–H groups in total. The molecule has 0 aromatic heterocycles. The van der Waals surface area contributed by atoms with Crippen LogP contribution in [-0.4, -0.2) is 26.7 Å². The number of halogens is 3. The first-order valence-corrected chi connectivity index (χ1v) is 7.95. The summed E-state index contributed by atoms with van der Waals surface area (Å²) in [6, 6.07) is 3.37.